The first-order valence-corrected chi connectivity index (χ1v) is 5.73. The highest BCUT2D eigenvalue weighted by Gasteiger charge is 2.42. The zero-order chi connectivity index (χ0) is 10.9. The van der Waals surface area contributed by atoms with Crippen molar-refractivity contribution in [1.82, 2.24) is 5.32 Å². The number of carbonyl (C=O) groups is 1. The van der Waals surface area contributed by atoms with Crippen molar-refractivity contribution >= 4 is 5.91 Å². The Morgan fingerprint density at radius 1 is 1.33 bits per heavy atom. The highest BCUT2D eigenvalue weighted by molar-refractivity contribution is 5.87. The zero-order valence-electron chi connectivity index (χ0n) is 9.34. The molecule has 1 amide bonds. The average molecular weight is 212 g/mol. The molecule has 0 aromatic heterocycles. The van der Waals surface area contributed by atoms with Crippen LogP contribution in [0.2, 0.25) is 0 Å². The Labute approximate surface area is 90.5 Å². The van der Waals surface area contributed by atoms with Gasteiger partial charge in [0.1, 0.15) is 0 Å². The average Bonchev–Trinajstić information content (AvgIpc) is 2.13. The highest BCUT2D eigenvalue weighted by Crippen LogP contribution is 2.35. The number of hydrogen-bond acceptors (Lipinski definition) is 3. The van der Waals surface area contributed by atoms with E-state index in [9.17, 15) is 4.79 Å². The number of nitrogens with one attached hydrogen (secondary N) is 1. The van der Waals surface area contributed by atoms with Crippen LogP contribution in [0.1, 0.15) is 38.5 Å². The molecule has 0 radical (unpaired) electrons. The summed E-state index contributed by atoms with van der Waals surface area (Å²) in [5.41, 5.74) is 5.24. The summed E-state index contributed by atoms with van der Waals surface area (Å²) in [4.78, 5) is 11.8. The molecular formula is C11H20N2O2. The molecule has 0 unspecified atom stereocenters. The van der Waals surface area contributed by atoms with Crippen molar-refractivity contribution < 1.29 is 9.53 Å². The Hall–Kier alpha value is -0.610. The number of amides is 1. The minimum atomic E-state index is -0.585. The van der Waals surface area contributed by atoms with Crippen molar-refractivity contribution in [3.63, 3.8) is 0 Å². The van der Waals surface area contributed by atoms with Crippen LogP contribution >= 0.6 is 0 Å². The molecule has 3 N–H and O–H groups in total. The molecule has 0 atom stereocenters. The summed E-state index contributed by atoms with van der Waals surface area (Å²) < 4.78 is 5.43. The topological polar surface area (TPSA) is 64.3 Å². The van der Waals surface area contributed by atoms with Gasteiger partial charge >= 0.3 is 0 Å². The largest absolute Gasteiger partial charge is 0.376 e. The maximum absolute atomic E-state index is 11.8. The molecule has 4 heteroatoms. The third-order valence-electron chi connectivity index (χ3n) is 3.97. The third-order valence-corrected chi connectivity index (χ3v) is 3.97. The number of rotatable bonds is 4. The Morgan fingerprint density at radius 2 is 1.93 bits per heavy atom. The molecular weight excluding hydrogens is 192 g/mol. The van der Waals surface area contributed by atoms with Crippen molar-refractivity contribution in [2.75, 3.05) is 13.7 Å². The fourth-order valence-corrected chi connectivity index (χ4v) is 2.23. The molecule has 4 nitrogen and oxygen atoms in total. The predicted octanol–water partition coefficient (Wildman–Crippen LogP) is 0.553. The van der Waals surface area contributed by atoms with Gasteiger partial charge in [0.15, 0.2) is 0 Å². The van der Waals surface area contributed by atoms with Gasteiger partial charge in [-0.1, -0.05) is 0 Å². The molecule has 0 aromatic rings. The van der Waals surface area contributed by atoms with E-state index in [0.717, 1.165) is 32.1 Å². The first-order valence-electron chi connectivity index (χ1n) is 5.73. The quantitative estimate of drug-likeness (QED) is 0.715. The van der Waals surface area contributed by atoms with Crippen LogP contribution in [-0.2, 0) is 9.53 Å². The fourth-order valence-electron chi connectivity index (χ4n) is 2.23. The van der Waals surface area contributed by atoms with Crippen molar-refractivity contribution in [3.05, 3.63) is 0 Å². The minimum Gasteiger partial charge on any atom is -0.376 e. The van der Waals surface area contributed by atoms with Crippen LogP contribution in [0, 0.1) is 0 Å². The molecule has 2 rings (SSSR count). The van der Waals surface area contributed by atoms with Gasteiger partial charge in [0.05, 0.1) is 11.1 Å². The number of methoxy groups -OCH3 is 1. The van der Waals surface area contributed by atoms with E-state index in [-0.39, 0.29) is 11.5 Å². The number of nitrogens with two attached hydrogens (primary N) is 1. The summed E-state index contributed by atoms with van der Waals surface area (Å²) in [6.45, 7) is 0.612. The van der Waals surface area contributed by atoms with Gasteiger partial charge in [0.2, 0.25) is 5.91 Å². The van der Waals surface area contributed by atoms with E-state index in [0.29, 0.717) is 6.54 Å². The molecule has 0 aliphatic heterocycles. The molecule has 2 fully saturated rings. The van der Waals surface area contributed by atoms with Crippen LogP contribution < -0.4 is 11.1 Å². The predicted molar refractivity (Wildman–Crippen MR) is 57.4 cm³/mol. The highest BCUT2D eigenvalue weighted by atomic mass is 16.5. The lowest BCUT2D eigenvalue weighted by Crippen LogP contribution is -2.61. The summed E-state index contributed by atoms with van der Waals surface area (Å²) in [5, 5.41) is 2.93. The van der Waals surface area contributed by atoms with Crippen molar-refractivity contribution in [1.29, 1.82) is 0 Å². The molecule has 0 spiro atoms. The summed E-state index contributed by atoms with van der Waals surface area (Å²) in [7, 11) is 1.72. The molecule has 0 heterocycles. The molecule has 15 heavy (non-hydrogen) atoms. The Bertz CT molecular complexity index is 252. The number of carbonyl (C=O) groups excluding carboxylic acids is 1. The summed E-state index contributed by atoms with van der Waals surface area (Å²) >= 11 is 0. The molecule has 2 saturated carbocycles. The maximum Gasteiger partial charge on any atom is 0.240 e. The lowest BCUT2D eigenvalue weighted by atomic mass is 9.76. The summed E-state index contributed by atoms with van der Waals surface area (Å²) in [6.07, 6.45) is 5.98. The van der Waals surface area contributed by atoms with Crippen LogP contribution in [-0.4, -0.2) is 30.7 Å². The van der Waals surface area contributed by atoms with Gasteiger partial charge in [0.25, 0.3) is 0 Å². The molecule has 0 aromatic carbocycles. The SMILES string of the molecule is COC1(CNC(=O)C2(N)CCC2)CCC1. The Morgan fingerprint density at radius 3 is 2.27 bits per heavy atom. The van der Waals surface area contributed by atoms with Crippen LogP contribution in [0.15, 0.2) is 0 Å². The van der Waals surface area contributed by atoms with Gasteiger partial charge in [-0.2, -0.15) is 0 Å². The lowest BCUT2D eigenvalue weighted by molar-refractivity contribution is -0.132. The van der Waals surface area contributed by atoms with E-state index < -0.39 is 5.54 Å². The second kappa shape index (κ2) is 3.76. The van der Waals surface area contributed by atoms with Crippen LogP contribution in [0.4, 0.5) is 0 Å². The normalized spacial score (nSPS) is 26.3. The standard InChI is InChI=1S/C11H20N2O2/c1-15-10(4-2-5-10)8-13-9(14)11(12)6-3-7-11/h2-8,12H2,1H3,(H,13,14). The first kappa shape index (κ1) is 10.9. The van der Waals surface area contributed by atoms with Crippen LogP contribution in [0.5, 0.6) is 0 Å². The van der Waals surface area contributed by atoms with Crippen molar-refractivity contribution in [2.45, 2.75) is 49.7 Å². The van der Waals surface area contributed by atoms with Gasteiger partial charge in [0, 0.05) is 13.7 Å². The maximum atomic E-state index is 11.8. The fraction of sp³-hybridized carbons (Fsp3) is 0.909. The molecule has 0 saturated heterocycles. The van der Waals surface area contributed by atoms with E-state index >= 15 is 0 Å². The zero-order valence-corrected chi connectivity index (χ0v) is 9.34. The molecule has 2 aliphatic rings. The third kappa shape index (κ3) is 1.88. The second-order valence-electron chi connectivity index (χ2n) is 4.93. The minimum absolute atomic E-state index is 0.00271. The lowest BCUT2D eigenvalue weighted by Gasteiger charge is -2.42. The first-order chi connectivity index (χ1) is 7.10. The Balaban J connectivity index is 1.80. The summed E-state index contributed by atoms with van der Waals surface area (Å²) in [6, 6.07) is 0. The van der Waals surface area contributed by atoms with Crippen molar-refractivity contribution in [2.24, 2.45) is 5.73 Å². The number of ether oxygens (including phenoxy) is 1. The van der Waals surface area contributed by atoms with E-state index in [1.54, 1.807) is 7.11 Å². The van der Waals surface area contributed by atoms with E-state index in [4.69, 9.17) is 10.5 Å². The smallest absolute Gasteiger partial charge is 0.240 e. The summed E-state index contributed by atoms with van der Waals surface area (Å²) in [5.74, 6) is -0.00271. The Kier molecular flexibility index (Phi) is 2.73. The van der Waals surface area contributed by atoms with E-state index in [1.165, 1.54) is 6.42 Å². The molecule has 86 valence electrons. The van der Waals surface area contributed by atoms with Crippen molar-refractivity contribution in [3.8, 4) is 0 Å². The van der Waals surface area contributed by atoms with Gasteiger partial charge in [-0.05, 0) is 38.5 Å². The molecule has 2 aliphatic carbocycles. The molecule has 0 bridgehead atoms. The second-order valence-corrected chi connectivity index (χ2v) is 4.93. The van der Waals surface area contributed by atoms with Crippen LogP contribution in [0.25, 0.3) is 0 Å². The van der Waals surface area contributed by atoms with E-state index in [2.05, 4.69) is 5.32 Å². The van der Waals surface area contributed by atoms with Crippen LogP contribution in [0.3, 0.4) is 0 Å². The van der Waals surface area contributed by atoms with E-state index in [1.807, 2.05) is 0 Å². The number of hydrogen-bond donors (Lipinski definition) is 2. The van der Waals surface area contributed by atoms with Gasteiger partial charge in [-0.25, -0.2) is 0 Å². The van der Waals surface area contributed by atoms with Gasteiger partial charge in [-0.15, -0.1) is 0 Å². The van der Waals surface area contributed by atoms with Gasteiger partial charge in [-0.3, -0.25) is 4.79 Å². The monoisotopic (exact) mass is 212 g/mol. The van der Waals surface area contributed by atoms with Gasteiger partial charge < -0.3 is 15.8 Å².